The van der Waals surface area contributed by atoms with Crippen molar-refractivity contribution in [3.63, 3.8) is 0 Å². The van der Waals surface area contributed by atoms with E-state index in [1.165, 1.54) is 6.07 Å². The summed E-state index contributed by atoms with van der Waals surface area (Å²) in [5.74, 6) is -1.09. The maximum absolute atomic E-state index is 13.1. The molecule has 3 heteroatoms. The smallest absolute Gasteiger partial charge is 0.130 e. The minimum absolute atomic E-state index is 0.376. The number of hydrogen-bond donors (Lipinski definition) is 0. The molecule has 1 unspecified atom stereocenters. The van der Waals surface area contributed by atoms with Gasteiger partial charge in [-0.15, -0.1) is 11.6 Å². The van der Waals surface area contributed by atoms with Crippen LogP contribution in [-0.4, -0.2) is 0 Å². The summed E-state index contributed by atoms with van der Waals surface area (Å²) in [4.78, 5) is 0. The monoisotopic (exact) mass is 204 g/mol. The summed E-state index contributed by atoms with van der Waals surface area (Å²) in [5, 5.41) is -0.376. The molecule has 0 radical (unpaired) electrons. The number of rotatable bonds is 2. The van der Waals surface area contributed by atoms with Crippen molar-refractivity contribution < 1.29 is 8.78 Å². The quantitative estimate of drug-likeness (QED) is 0.640. The highest BCUT2D eigenvalue weighted by atomic mass is 35.5. The van der Waals surface area contributed by atoms with Crippen LogP contribution in [0.1, 0.15) is 29.8 Å². The summed E-state index contributed by atoms with van der Waals surface area (Å²) >= 11 is 5.86. The lowest BCUT2D eigenvalue weighted by Gasteiger charge is -2.09. The Balaban J connectivity index is 3.15. The second-order valence-electron chi connectivity index (χ2n) is 3.00. The Kier molecular flexibility index (Phi) is 3.26. The normalized spacial score (nSPS) is 13.0. The zero-order chi connectivity index (χ0) is 10.0. The van der Waals surface area contributed by atoms with E-state index in [1.807, 2.05) is 6.92 Å². The molecule has 13 heavy (non-hydrogen) atoms. The molecule has 0 aliphatic rings. The van der Waals surface area contributed by atoms with Crippen molar-refractivity contribution in [2.75, 3.05) is 0 Å². The molecule has 0 aromatic heterocycles. The minimum atomic E-state index is -0.565. The zero-order valence-corrected chi connectivity index (χ0v) is 8.33. The van der Waals surface area contributed by atoms with Gasteiger partial charge in [0.25, 0.3) is 0 Å². The average molecular weight is 205 g/mol. The van der Waals surface area contributed by atoms with Crippen LogP contribution in [-0.2, 0) is 0 Å². The van der Waals surface area contributed by atoms with Crippen LogP contribution in [0.4, 0.5) is 8.78 Å². The summed E-state index contributed by atoms with van der Waals surface area (Å²) < 4.78 is 26.0. The van der Waals surface area contributed by atoms with Gasteiger partial charge in [-0.3, -0.25) is 0 Å². The molecule has 1 rings (SSSR count). The summed E-state index contributed by atoms with van der Waals surface area (Å²) in [6.45, 7) is 3.45. The second-order valence-corrected chi connectivity index (χ2v) is 3.53. The van der Waals surface area contributed by atoms with Gasteiger partial charge in [0.2, 0.25) is 0 Å². The predicted molar refractivity (Wildman–Crippen MR) is 50.0 cm³/mol. The van der Waals surface area contributed by atoms with Gasteiger partial charge in [0.05, 0.1) is 5.38 Å². The van der Waals surface area contributed by atoms with Gasteiger partial charge in [-0.25, -0.2) is 8.78 Å². The van der Waals surface area contributed by atoms with E-state index >= 15 is 0 Å². The minimum Gasteiger partial charge on any atom is -0.207 e. The standard InChI is InChI=1S/C10H11ClF2/c1-3-8(11)7-4-6(2)9(12)5-10(7)13/h4-5,8H,3H2,1-2H3. The van der Waals surface area contributed by atoms with E-state index in [0.29, 0.717) is 17.5 Å². The summed E-state index contributed by atoms with van der Waals surface area (Å²) in [6, 6.07) is 2.35. The molecule has 0 aliphatic heterocycles. The van der Waals surface area contributed by atoms with Gasteiger partial charge < -0.3 is 0 Å². The second kappa shape index (κ2) is 4.05. The summed E-state index contributed by atoms with van der Waals surface area (Å²) in [6.07, 6.45) is 0.629. The lowest BCUT2D eigenvalue weighted by atomic mass is 10.1. The molecule has 0 amide bonds. The van der Waals surface area contributed by atoms with E-state index in [0.717, 1.165) is 6.07 Å². The Morgan fingerprint density at radius 3 is 2.46 bits per heavy atom. The van der Waals surface area contributed by atoms with Gasteiger partial charge >= 0.3 is 0 Å². The van der Waals surface area contributed by atoms with Crippen LogP contribution in [0, 0.1) is 18.6 Å². The molecule has 0 fully saturated rings. The highest BCUT2D eigenvalue weighted by molar-refractivity contribution is 6.20. The van der Waals surface area contributed by atoms with Crippen LogP contribution in [0.3, 0.4) is 0 Å². The summed E-state index contributed by atoms with van der Waals surface area (Å²) in [5.41, 5.74) is 0.804. The molecule has 0 heterocycles. The molecule has 0 bridgehead atoms. The van der Waals surface area contributed by atoms with Gasteiger partial charge in [0.15, 0.2) is 0 Å². The Bertz CT molecular complexity index is 310. The first-order chi connectivity index (χ1) is 6.06. The number of aryl methyl sites for hydroxylation is 1. The molecule has 0 aliphatic carbocycles. The Labute approximate surface area is 81.5 Å². The third-order valence-corrected chi connectivity index (χ3v) is 2.52. The molecule has 0 saturated carbocycles. The largest absolute Gasteiger partial charge is 0.207 e. The molecule has 1 aromatic rings. The SMILES string of the molecule is CCC(Cl)c1cc(C)c(F)cc1F. The van der Waals surface area contributed by atoms with Gasteiger partial charge in [0, 0.05) is 11.6 Å². The molecule has 72 valence electrons. The first-order valence-electron chi connectivity index (χ1n) is 4.15. The Morgan fingerprint density at radius 2 is 1.92 bits per heavy atom. The molecule has 0 spiro atoms. The van der Waals surface area contributed by atoms with E-state index < -0.39 is 11.6 Å². The fourth-order valence-corrected chi connectivity index (χ4v) is 1.31. The van der Waals surface area contributed by atoms with Gasteiger partial charge in [-0.05, 0) is 25.0 Å². The lowest BCUT2D eigenvalue weighted by Crippen LogP contribution is -1.96. The van der Waals surface area contributed by atoms with E-state index in [2.05, 4.69) is 0 Å². The molecule has 0 saturated heterocycles. The first kappa shape index (κ1) is 10.5. The molecule has 0 N–H and O–H groups in total. The van der Waals surface area contributed by atoms with Crippen LogP contribution >= 0.6 is 11.6 Å². The van der Waals surface area contributed by atoms with Crippen molar-refractivity contribution in [2.45, 2.75) is 25.6 Å². The predicted octanol–water partition coefficient (Wildman–Crippen LogP) is 3.96. The Morgan fingerprint density at radius 1 is 1.31 bits per heavy atom. The number of halogens is 3. The van der Waals surface area contributed by atoms with Crippen LogP contribution in [0.5, 0.6) is 0 Å². The van der Waals surface area contributed by atoms with Crippen molar-refractivity contribution in [1.29, 1.82) is 0 Å². The number of alkyl halides is 1. The van der Waals surface area contributed by atoms with Crippen LogP contribution < -0.4 is 0 Å². The highest BCUT2D eigenvalue weighted by Gasteiger charge is 2.13. The molecule has 1 aromatic carbocycles. The maximum Gasteiger partial charge on any atom is 0.130 e. The van der Waals surface area contributed by atoms with Crippen molar-refractivity contribution in [1.82, 2.24) is 0 Å². The molecular formula is C10H11ClF2. The van der Waals surface area contributed by atoms with E-state index in [-0.39, 0.29) is 5.38 Å². The van der Waals surface area contributed by atoms with Gasteiger partial charge in [-0.1, -0.05) is 6.92 Å². The Hall–Kier alpha value is -0.630. The zero-order valence-electron chi connectivity index (χ0n) is 7.57. The highest BCUT2D eigenvalue weighted by Crippen LogP contribution is 2.27. The van der Waals surface area contributed by atoms with E-state index in [9.17, 15) is 8.78 Å². The maximum atomic E-state index is 13.1. The number of benzene rings is 1. The van der Waals surface area contributed by atoms with Gasteiger partial charge in [-0.2, -0.15) is 0 Å². The van der Waals surface area contributed by atoms with Crippen molar-refractivity contribution in [3.8, 4) is 0 Å². The fraction of sp³-hybridized carbons (Fsp3) is 0.400. The topological polar surface area (TPSA) is 0 Å². The van der Waals surface area contributed by atoms with Gasteiger partial charge in [0.1, 0.15) is 11.6 Å². The van der Waals surface area contributed by atoms with Crippen LogP contribution in [0.15, 0.2) is 12.1 Å². The van der Waals surface area contributed by atoms with Crippen molar-refractivity contribution >= 4 is 11.6 Å². The molecule has 1 atom stereocenters. The van der Waals surface area contributed by atoms with Crippen LogP contribution in [0.25, 0.3) is 0 Å². The number of hydrogen-bond acceptors (Lipinski definition) is 0. The molecular weight excluding hydrogens is 194 g/mol. The molecule has 0 nitrogen and oxygen atoms in total. The van der Waals surface area contributed by atoms with E-state index in [1.54, 1.807) is 6.92 Å². The third kappa shape index (κ3) is 2.19. The summed E-state index contributed by atoms with van der Waals surface area (Å²) in [7, 11) is 0. The van der Waals surface area contributed by atoms with E-state index in [4.69, 9.17) is 11.6 Å². The third-order valence-electron chi connectivity index (χ3n) is 1.97. The van der Waals surface area contributed by atoms with Crippen molar-refractivity contribution in [3.05, 3.63) is 34.9 Å². The van der Waals surface area contributed by atoms with Crippen molar-refractivity contribution in [2.24, 2.45) is 0 Å². The first-order valence-corrected chi connectivity index (χ1v) is 4.59. The fourth-order valence-electron chi connectivity index (χ4n) is 1.14. The average Bonchev–Trinajstić information content (AvgIpc) is 2.10. The van der Waals surface area contributed by atoms with Crippen LogP contribution in [0.2, 0.25) is 0 Å². The lowest BCUT2D eigenvalue weighted by molar-refractivity contribution is 0.563.